The van der Waals surface area contributed by atoms with Gasteiger partial charge in [-0.3, -0.25) is 0 Å². The van der Waals surface area contributed by atoms with Gasteiger partial charge >= 0.3 is 0 Å². The van der Waals surface area contributed by atoms with E-state index in [-0.39, 0.29) is 0 Å². The van der Waals surface area contributed by atoms with E-state index in [1.165, 1.54) is 0 Å². The fourth-order valence-electron chi connectivity index (χ4n) is 0.543. The van der Waals surface area contributed by atoms with Crippen molar-refractivity contribution in [2.24, 2.45) is 0 Å². The van der Waals surface area contributed by atoms with E-state index in [0.717, 1.165) is 0 Å². The highest BCUT2D eigenvalue weighted by molar-refractivity contribution is 6.24. The average molecular weight is 173 g/mol. The van der Waals surface area contributed by atoms with Crippen LogP contribution in [-0.4, -0.2) is 5.38 Å². The predicted octanol–water partition coefficient (Wildman–Crippen LogP) is 2.91. The first-order valence-corrected chi connectivity index (χ1v) is 2.74. The molecule has 0 bridgehead atoms. The molecule has 5 heteroatoms. The van der Waals surface area contributed by atoms with Crippen LogP contribution in [0.5, 0.6) is 0 Å². The Hall–Kier alpha value is -0.510. The first kappa shape index (κ1) is 7.60. The molecule has 0 fully saturated rings. The highest BCUT2D eigenvalue weighted by Crippen LogP contribution is 2.38. The monoisotopic (exact) mass is 172 g/mol. The molecule has 56 valence electrons. The summed E-state index contributed by atoms with van der Waals surface area (Å²) in [5.74, 6) is -6.87. The Morgan fingerprint density at radius 2 is 1.20 bits per heavy atom. The van der Waals surface area contributed by atoms with Crippen LogP contribution in [0.2, 0.25) is 0 Å². The van der Waals surface area contributed by atoms with Gasteiger partial charge in [0, 0.05) is 0 Å². The van der Waals surface area contributed by atoms with Crippen LogP contribution in [0.25, 0.3) is 0 Å². The molecule has 0 saturated carbocycles. The van der Waals surface area contributed by atoms with Crippen LogP contribution >= 0.6 is 11.6 Å². The summed E-state index contributed by atoms with van der Waals surface area (Å²) in [5.41, 5.74) is 0. The highest BCUT2D eigenvalue weighted by atomic mass is 35.5. The Kier molecular flexibility index (Phi) is 1.72. The second-order valence-corrected chi connectivity index (χ2v) is 2.12. The van der Waals surface area contributed by atoms with Crippen molar-refractivity contribution in [1.29, 1.82) is 0 Å². The molecule has 0 nitrogen and oxygen atoms in total. The maximum Gasteiger partial charge on any atom is 0.194 e. The number of allylic oxidation sites excluding steroid dienone is 4. The van der Waals surface area contributed by atoms with E-state index in [2.05, 4.69) is 0 Å². The summed E-state index contributed by atoms with van der Waals surface area (Å²) in [6.45, 7) is 0. The van der Waals surface area contributed by atoms with Crippen LogP contribution in [0.3, 0.4) is 0 Å². The molecule has 0 saturated heterocycles. The maximum absolute atomic E-state index is 12.1. The second-order valence-electron chi connectivity index (χ2n) is 1.69. The molecule has 0 atom stereocenters. The molecule has 0 N–H and O–H groups in total. The molecule has 0 heterocycles. The minimum absolute atomic E-state index is 1.60. The zero-order valence-corrected chi connectivity index (χ0v) is 5.22. The van der Waals surface area contributed by atoms with Crippen molar-refractivity contribution < 1.29 is 17.6 Å². The van der Waals surface area contributed by atoms with Crippen LogP contribution in [0.15, 0.2) is 23.3 Å². The third-order valence-corrected chi connectivity index (χ3v) is 1.44. The topological polar surface area (TPSA) is 0 Å². The van der Waals surface area contributed by atoms with Gasteiger partial charge in [0.15, 0.2) is 23.3 Å². The Morgan fingerprint density at radius 1 is 0.900 bits per heavy atom. The Morgan fingerprint density at radius 3 is 1.30 bits per heavy atom. The fraction of sp³-hybridized carbons (Fsp3) is 0.200. The number of rotatable bonds is 0. The maximum atomic E-state index is 12.1. The lowest BCUT2D eigenvalue weighted by Gasteiger charge is -1.93. The molecular weight excluding hydrogens is 171 g/mol. The number of hydrogen-bond donors (Lipinski definition) is 0. The van der Waals surface area contributed by atoms with E-state index < -0.39 is 28.7 Å². The molecule has 0 aromatic carbocycles. The third-order valence-electron chi connectivity index (χ3n) is 1.06. The van der Waals surface area contributed by atoms with Crippen molar-refractivity contribution in [3.05, 3.63) is 23.3 Å². The van der Waals surface area contributed by atoms with Gasteiger partial charge in [0.2, 0.25) is 0 Å². The molecule has 0 unspecified atom stereocenters. The third kappa shape index (κ3) is 0.831. The molecule has 0 radical (unpaired) electrons. The lowest BCUT2D eigenvalue weighted by molar-refractivity contribution is 0.501. The first-order valence-electron chi connectivity index (χ1n) is 2.30. The van der Waals surface area contributed by atoms with E-state index in [1.807, 2.05) is 0 Å². The lowest BCUT2D eigenvalue weighted by Crippen LogP contribution is -1.94. The van der Waals surface area contributed by atoms with E-state index in [4.69, 9.17) is 11.6 Å². The van der Waals surface area contributed by atoms with Crippen LogP contribution in [-0.2, 0) is 0 Å². The Bertz CT molecular complexity index is 206. The molecule has 1 aliphatic rings. The predicted molar refractivity (Wildman–Crippen MR) is 28.1 cm³/mol. The molecule has 0 aromatic heterocycles. The van der Waals surface area contributed by atoms with Gasteiger partial charge in [-0.1, -0.05) is 0 Å². The van der Waals surface area contributed by atoms with Crippen LogP contribution in [0, 0.1) is 0 Å². The molecule has 0 aliphatic heterocycles. The summed E-state index contributed by atoms with van der Waals surface area (Å²) < 4.78 is 48.0. The summed E-state index contributed by atoms with van der Waals surface area (Å²) in [6.07, 6.45) is 0. The van der Waals surface area contributed by atoms with Gasteiger partial charge in [0.1, 0.15) is 5.38 Å². The fourth-order valence-corrected chi connectivity index (χ4v) is 0.735. The minimum atomic E-state index is -1.92. The Balaban J connectivity index is 3.09. The van der Waals surface area contributed by atoms with Gasteiger partial charge in [0.05, 0.1) is 0 Å². The summed E-state index contributed by atoms with van der Waals surface area (Å²) in [5, 5.41) is -1.92. The largest absolute Gasteiger partial charge is 0.206 e. The van der Waals surface area contributed by atoms with Gasteiger partial charge in [0.25, 0.3) is 0 Å². The van der Waals surface area contributed by atoms with Gasteiger partial charge < -0.3 is 0 Å². The molecule has 1 aliphatic carbocycles. The SMILES string of the molecule is FC1=C(F)C(Cl)C(F)=C1F. The number of alkyl halides is 1. The molecule has 0 amide bonds. The van der Waals surface area contributed by atoms with Crippen molar-refractivity contribution in [2.45, 2.75) is 5.38 Å². The molecule has 0 spiro atoms. The van der Waals surface area contributed by atoms with Crippen LogP contribution < -0.4 is 0 Å². The van der Waals surface area contributed by atoms with E-state index in [0.29, 0.717) is 0 Å². The minimum Gasteiger partial charge on any atom is -0.206 e. The molecular formula is C5HClF4. The summed E-state index contributed by atoms with van der Waals surface area (Å²) in [4.78, 5) is 0. The molecule has 0 aromatic rings. The van der Waals surface area contributed by atoms with E-state index in [1.54, 1.807) is 0 Å². The standard InChI is InChI=1S/C5HClF4/c6-1-2(7)4(9)5(10)3(1)8/h1H. The van der Waals surface area contributed by atoms with Gasteiger partial charge in [-0.05, 0) is 0 Å². The normalized spacial score (nSPS) is 21.3. The van der Waals surface area contributed by atoms with Crippen molar-refractivity contribution in [1.82, 2.24) is 0 Å². The van der Waals surface area contributed by atoms with Gasteiger partial charge in [-0.25, -0.2) is 17.6 Å². The van der Waals surface area contributed by atoms with Crippen molar-refractivity contribution in [2.75, 3.05) is 0 Å². The van der Waals surface area contributed by atoms with Crippen LogP contribution in [0.1, 0.15) is 0 Å². The quantitative estimate of drug-likeness (QED) is 0.389. The summed E-state index contributed by atoms with van der Waals surface area (Å²) in [7, 11) is 0. The smallest absolute Gasteiger partial charge is 0.194 e. The van der Waals surface area contributed by atoms with Crippen molar-refractivity contribution in [3.8, 4) is 0 Å². The van der Waals surface area contributed by atoms with Gasteiger partial charge in [-0.15, -0.1) is 11.6 Å². The summed E-state index contributed by atoms with van der Waals surface area (Å²) in [6, 6.07) is 0. The van der Waals surface area contributed by atoms with Crippen LogP contribution in [0.4, 0.5) is 17.6 Å². The van der Waals surface area contributed by atoms with Crippen molar-refractivity contribution >= 4 is 11.6 Å². The number of halogens is 5. The lowest BCUT2D eigenvalue weighted by atomic mass is 10.4. The zero-order chi connectivity index (χ0) is 7.89. The average Bonchev–Trinajstić information content (AvgIpc) is 2.07. The van der Waals surface area contributed by atoms with E-state index >= 15 is 0 Å². The van der Waals surface area contributed by atoms with E-state index in [9.17, 15) is 17.6 Å². The second kappa shape index (κ2) is 2.27. The summed E-state index contributed by atoms with van der Waals surface area (Å²) >= 11 is 4.86. The zero-order valence-electron chi connectivity index (χ0n) is 4.47. The Labute approximate surface area is 58.8 Å². The van der Waals surface area contributed by atoms with Gasteiger partial charge in [-0.2, -0.15) is 0 Å². The number of hydrogen-bond acceptors (Lipinski definition) is 0. The molecule has 10 heavy (non-hydrogen) atoms. The highest BCUT2D eigenvalue weighted by Gasteiger charge is 2.34. The first-order chi connectivity index (χ1) is 4.55. The van der Waals surface area contributed by atoms with Crippen molar-refractivity contribution in [3.63, 3.8) is 0 Å². The molecule has 1 rings (SSSR count).